The van der Waals surface area contributed by atoms with Crippen molar-refractivity contribution in [1.29, 1.82) is 0 Å². The van der Waals surface area contributed by atoms with Crippen LogP contribution in [0.3, 0.4) is 0 Å². The van der Waals surface area contributed by atoms with E-state index < -0.39 is 5.60 Å². The Labute approximate surface area is 100 Å². The Morgan fingerprint density at radius 2 is 1.94 bits per heavy atom. The monoisotopic (exact) mass is 233 g/mol. The zero-order chi connectivity index (χ0) is 12.6. The predicted octanol–water partition coefficient (Wildman–Crippen LogP) is 1.64. The molecule has 90 valence electrons. The maximum Gasteiger partial charge on any atom is 0.267 e. The molecule has 0 saturated heterocycles. The Balaban J connectivity index is 2.65. The van der Waals surface area contributed by atoms with E-state index in [-0.39, 0.29) is 11.7 Å². The summed E-state index contributed by atoms with van der Waals surface area (Å²) < 4.78 is 5.15. The molecular weight excluding hydrogens is 218 g/mol. The second-order valence-corrected chi connectivity index (χ2v) is 4.13. The molecule has 4 heteroatoms. The fourth-order valence-corrected chi connectivity index (χ4v) is 2.12. The summed E-state index contributed by atoms with van der Waals surface area (Å²) in [6, 6.07) is 7.11. The summed E-state index contributed by atoms with van der Waals surface area (Å²) in [6.07, 6.45) is 0. The van der Waals surface area contributed by atoms with E-state index in [0.29, 0.717) is 17.8 Å². The minimum Gasteiger partial charge on any atom is -0.361 e. The van der Waals surface area contributed by atoms with Gasteiger partial charge in [0.1, 0.15) is 0 Å². The van der Waals surface area contributed by atoms with Gasteiger partial charge in [0.15, 0.2) is 0 Å². The van der Waals surface area contributed by atoms with Crippen molar-refractivity contribution in [2.45, 2.75) is 19.4 Å². The van der Waals surface area contributed by atoms with E-state index in [4.69, 9.17) is 4.74 Å². The van der Waals surface area contributed by atoms with Gasteiger partial charge in [-0.1, -0.05) is 12.1 Å². The standard InChI is InChI=1S/C13H15NO3/c1-4-14-10-8-6-5-7-9(10)11(15)13(2,17-3)12(14)16/h5-8H,4H2,1-3H3. The molecular formula is C13H15NO3. The molecule has 2 rings (SSSR count). The quantitative estimate of drug-likeness (QED) is 0.729. The molecule has 1 heterocycles. The largest absolute Gasteiger partial charge is 0.361 e. The number of carbonyl (C=O) groups is 2. The van der Waals surface area contributed by atoms with Crippen molar-refractivity contribution >= 4 is 17.4 Å². The van der Waals surface area contributed by atoms with E-state index in [1.165, 1.54) is 14.0 Å². The van der Waals surface area contributed by atoms with Crippen LogP contribution in [-0.2, 0) is 9.53 Å². The van der Waals surface area contributed by atoms with Crippen LogP contribution in [0.2, 0.25) is 0 Å². The van der Waals surface area contributed by atoms with Crippen molar-refractivity contribution in [2.24, 2.45) is 0 Å². The first-order valence-corrected chi connectivity index (χ1v) is 5.57. The van der Waals surface area contributed by atoms with Gasteiger partial charge in [0.25, 0.3) is 5.91 Å². The Bertz CT molecular complexity index is 483. The van der Waals surface area contributed by atoms with Gasteiger partial charge in [-0.3, -0.25) is 9.59 Å². The van der Waals surface area contributed by atoms with Gasteiger partial charge in [0.2, 0.25) is 11.4 Å². The highest BCUT2D eigenvalue weighted by molar-refractivity contribution is 6.27. The van der Waals surface area contributed by atoms with Crippen molar-refractivity contribution in [3.8, 4) is 0 Å². The fraction of sp³-hybridized carbons (Fsp3) is 0.385. The lowest BCUT2D eigenvalue weighted by Crippen LogP contribution is -2.57. The van der Waals surface area contributed by atoms with Gasteiger partial charge in [-0.2, -0.15) is 0 Å². The van der Waals surface area contributed by atoms with Crippen molar-refractivity contribution < 1.29 is 14.3 Å². The maximum absolute atomic E-state index is 12.3. The van der Waals surface area contributed by atoms with Crippen LogP contribution in [0.25, 0.3) is 0 Å². The number of likely N-dealkylation sites (N-methyl/N-ethyl adjacent to an activating group) is 1. The molecule has 0 fully saturated rings. The fourth-order valence-electron chi connectivity index (χ4n) is 2.12. The summed E-state index contributed by atoms with van der Waals surface area (Å²) >= 11 is 0. The number of hydrogen-bond donors (Lipinski definition) is 0. The molecule has 0 bridgehead atoms. The minimum absolute atomic E-state index is 0.273. The number of anilines is 1. The number of carbonyl (C=O) groups excluding carboxylic acids is 2. The molecule has 1 aliphatic heterocycles. The predicted molar refractivity (Wildman–Crippen MR) is 64.2 cm³/mol. The lowest BCUT2D eigenvalue weighted by Gasteiger charge is -2.37. The van der Waals surface area contributed by atoms with Crippen LogP contribution in [0.1, 0.15) is 24.2 Å². The third-order valence-corrected chi connectivity index (χ3v) is 3.25. The van der Waals surface area contributed by atoms with E-state index in [1.807, 2.05) is 13.0 Å². The second-order valence-electron chi connectivity index (χ2n) is 4.13. The van der Waals surface area contributed by atoms with Crippen LogP contribution in [0.15, 0.2) is 24.3 Å². The van der Waals surface area contributed by atoms with Gasteiger partial charge in [-0.05, 0) is 26.0 Å². The summed E-state index contributed by atoms with van der Waals surface area (Å²) in [5, 5.41) is 0. The highest BCUT2D eigenvalue weighted by Gasteiger charge is 2.49. The third kappa shape index (κ3) is 1.48. The number of amides is 1. The zero-order valence-electron chi connectivity index (χ0n) is 10.2. The zero-order valence-corrected chi connectivity index (χ0v) is 10.2. The first-order valence-electron chi connectivity index (χ1n) is 5.57. The number of fused-ring (bicyclic) bond motifs is 1. The Morgan fingerprint density at radius 3 is 2.53 bits per heavy atom. The lowest BCUT2D eigenvalue weighted by atomic mass is 9.87. The Kier molecular flexibility index (Phi) is 2.75. The van der Waals surface area contributed by atoms with E-state index in [0.717, 1.165) is 0 Å². The lowest BCUT2D eigenvalue weighted by molar-refractivity contribution is -0.134. The van der Waals surface area contributed by atoms with Gasteiger partial charge >= 0.3 is 0 Å². The Hall–Kier alpha value is -1.68. The molecule has 0 aromatic heterocycles. The molecule has 1 aromatic carbocycles. The summed E-state index contributed by atoms with van der Waals surface area (Å²) in [7, 11) is 1.39. The average molecular weight is 233 g/mol. The van der Waals surface area contributed by atoms with Crippen LogP contribution in [0.4, 0.5) is 5.69 Å². The number of ketones is 1. The van der Waals surface area contributed by atoms with E-state index in [2.05, 4.69) is 0 Å². The van der Waals surface area contributed by atoms with Crippen LogP contribution >= 0.6 is 0 Å². The minimum atomic E-state index is -1.40. The normalized spacial score (nSPS) is 23.8. The molecule has 1 aliphatic rings. The number of para-hydroxylation sites is 1. The summed E-state index contributed by atoms with van der Waals surface area (Å²) in [5.41, 5.74) is -0.192. The SMILES string of the molecule is CCN1C(=O)C(C)(OC)C(=O)c2ccccc21. The molecule has 17 heavy (non-hydrogen) atoms. The van der Waals surface area contributed by atoms with Crippen LogP contribution < -0.4 is 4.90 Å². The highest BCUT2D eigenvalue weighted by atomic mass is 16.5. The Morgan fingerprint density at radius 1 is 1.29 bits per heavy atom. The number of benzene rings is 1. The molecule has 0 N–H and O–H groups in total. The number of methoxy groups -OCH3 is 1. The second kappa shape index (κ2) is 3.96. The first-order chi connectivity index (χ1) is 8.06. The maximum atomic E-state index is 12.3. The summed E-state index contributed by atoms with van der Waals surface area (Å²) in [6.45, 7) is 3.92. The molecule has 1 amide bonds. The topological polar surface area (TPSA) is 46.6 Å². The van der Waals surface area contributed by atoms with Gasteiger partial charge in [0, 0.05) is 19.2 Å². The van der Waals surface area contributed by atoms with Crippen LogP contribution in [0.5, 0.6) is 0 Å². The molecule has 4 nitrogen and oxygen atoms in total. The van der Waals surface area contributed by atoms with Gasteiger partial charge in [0.05, 0.1) is 5.69 Å². The molecule has 0 aliphatic carbocycles. The molecule has 1 aromatic rings. The highest BCUT2D eigenvalue weighted by Crippen LogP contribution is 2.33. The molecule has 1 unspecified atom stereocenters. The van der Waals surface area contributed by atoms with Crippen LogP contribution in [0, 0.1) is 0 Å². The molecule has 0 radical (unpaired) electrons. The smallest absolute Gasteiger partial charge is 0.267 e. The number of nitrogens with zero attached hydrogens (tertiary/aromatic N) is 1. The van der Waals surface area contributed by atoms with Crippen molar-refractivity contribution in [3.63, 3.8) is 0 Å². The average Bonchev–Trinajstić information content (AvgIpc) is 2.37. The van der Waals surface area contributed by atoms with E-state index in [9.17, 15) is 9.59 Å². The van der Waals surface area contributed by atoms with Gasteiger partial charge in [-0.15, -0.1) is 0 Å². The number of hydrogen-bond acceptors (Lipinski definition) is 3. The molecule has 0 saturated carbocycles. The molecule has 1 atom stereocenters. The van der Waals surface area contributed by atoms with E-state index in [1.54, 1.807) is 23.1 Å². The number of ether oxygens (including phenoxy) is 1. The van der Waals surface area contributed by atoms with E-state index >= 15 is 0 Å². The van der Waals surface area contributed by atoms with Crippen LogP contribution in [-0.4, -0.2) is 30.9 Å². The first kappa shape index (κ1) is 11.8. The van der Waals surface area contributed by atoms with Gasteiger partial charge in [-0.25, -0.2) is 0 Å². The van der Waals surface area contributed by atoms with Crippen molar-refractivity contribution in [1.82, 2.24) is 0 Å². The summed E-state index contributed by atoms with van der Waals surface area (Å²) in [4.78, 5) is 26.1. The van der Waals surface area contributed by atoms with Gasteiger partial charge < -0.3 is 9.64 Å². The summed E-state index contributed by atoms with van der Waals surface area (Å²) in [5.74, 6) is -0.573. The van der Waals surface area contributed by atoms with Crippen molar-refractivity contribution in [3.05, 3.63) is 29.8 Å². The van der Waals surface area contributed by atoms with Crippen molar-refractivity contribution in [2.75, 3.05) is 18.6 Å². The third-order valence-electron chi connectivity index (χ3n) is 3.25. The molecule has 0 spiro atoms. The number of Topliss-reactive ketones (excluding diaryl/α,β-unsaturated/α-hetero) is 1. The number of rotatable bonds is 2.